The maximum absolute atomic E-state index is 12.0. The number of hydrogen-bond donors (Lipinski definition) is 1. The van der Waals surface area contributed by atoms with Crippen molar-refractivity contribution in [2.45, 2.75) is 25.4 Å². The molecule has 0 saturated carbocycles. The zero-order valence-electron chi connectivity index (χ0n) is 10.1. The Morgan fingerprint density at radius 2 is 2.41 bits per heavy atom. The molecule has 4 heteroatoms. The van der Waals surface area contributed by atoms with E-state index >= 15 is 0 Å². The van der Waals surface area contributed by atoms with Crippen molar-refractivity contribution < 1.29 is 9.53 Å². The number of rotatable bonds is 3. The highest BCUT2D eigenvalue weighted by atomic mass is 16.5. The van der Waals surface area contributed by atoms with E-state index in [1.165, 1.54) is 0 Å². The lowest BCUT2D eigenvalue weighted by atomic mass is 10.1. The molecule has 1 aromatic rings. The van der Waals surface area contributed by atoms with E-state index in [-0.39, 0.29) is 12.0 Å². The third-order valence-electron chi connectivity index (χ3n) is 3.06. The van der Waals surface area contributed by atoms with Crippen LogP contribution in [0.3, 0.4) is 0 Å². The first-order valence-corrected chi connectivity index (χ1v) is 5.90. The number of anilines is 2. The first kappa shape index (κ1) is 11.9. The monoisotopic (exact) mass is 234 g/mol. The quantitative estimate of drug-likeness (QED) is 0.811. The average molecular weight is 234 g/mol. The van der Waals surface area contributed by atoms with Crippen molar-refractivity contribution in [1.82, 2.24) is 0 Å². The third-order valence-corrected chi connectivity index (χ3v) is 3.06. The lowest BCUT2D eigenvalue weighted by Crippen LogP contribution is -2.29. The van der Waals surface area contributed by atoms with Crippen molar-refractivity contribution in [3.8, 4) is 0 Å². The number of carbonyl (C=O) groups excluding carboxylic acids is 1. The molecule has 17 heavy (non-hydrogen) atoms. The van der Waals surface area contributed by atoms with Gasteiger partial charge in [0.2, 0.25) is 5.91 Å². The zero-order chi connectivity index (χ0) is 12.3. The Hall–Kier alpha value is -1.55. The van der Waals surface area contributed by atoms with Crippen LogP contribution in [-0.2, 0) is 9.53 Å². The summed E-state index contributed by atoms with van der Waals surface area (Å²) in [6.45, 7) is 0.778. The van der Waals surface area contributed by atoms with Crippen LogP contribution < -0.4 is 10.6 Å². The van der Waals surface area contributed by atoms with Crippen molar-refractivity contribution in [2.24, 2.45) is 0 Å². The van der Waals surface area contributed by atoms with Crippen LogP contribution in [0.1, 0.15) is 19.3 Å². The van der Waals surface area contributed by atoms with E-state index in [9.17, 15) is 4.79 Å². The molecule has 1 amide bonds. The van der Waals surface area contributed by atoms with Gasteiger partial charge in [-0.05, 0) is 31.0 Å². The largest absolute Gasteiger partial charge is 0.399 e. The zero-order valence-corrected chi connectivity index (χ0v) is 10.1. The molecule has 1 unspecified atom stereocenters. The van der Waals surface area contributed by atoms with E-state index < -0.39 is 0 Å². The van der Waals surface area contributed by atoms with E-state index in [2.05, 4.69) is 0 Å². The van der Waals surface area contributed by atoms with Crippen LogP contribution in [-0.4, -0.2) is 25.7 Å². The van der Waals surface area contributed by atoms with Gasteiger partial charge >= 0.3 is 0 Å². The molecule has 0 aromatic heterocycles. The summed E-state index contributed by atoms with van der Waals surface area (Å²) in [5.41, 5.74) is 7.19. The van der Waals surface area contributed by atoms with Crippen LogP contribution in [0, 0.1) is 0 Å². The number of benzene rings is 1. The van der Waals surface area contributed by atoms with Crippen molar-refractivity contribution in [1.29, 1.82) is 0 Å². The van der Waals surface area contributed by atoms with E-state index in [4.69, 9.17) is 10.5 Å². The highest BCUT2D eigenvalue weighted by Gasteiger charge is 2.21. The number of nitrogen functional groups attached to an aromatic ring is 1. The Labute approximate surface area is 101 Å². The van der Waals surface area contributed by atoms with Gasteiger partial charge in [-0.2, -0.15) is 0 Å². The van der Waals surface area contributed by atoms with Crippen LogP contribution in [0.15, 0.2) is 24.3 Å². The molecule has 1 heterocycles. The first-order chi connectivity index (χ1) is 8.16. The van der Waals surface area contributed by atoms with Gasteiger partial charge in [0.1, 0.15) is 0 Å². The molecule has 0 radical (unpaired) electrons. The topological polar surface area (TPSA) is 55.6 Å². The molecule has 1 aromatic carbocycles. The molecule has 1 fully saturated rings. The second kappa shape index (κ2) is 5.19. The summed E-state index contributed by atoms with van der Waals surface area (Å²) in [7, 11) is 1.77. The van der Waals surface area contributed by atoms with Gasteiger partial charge < -0.3 is 15.4 Å². The average Bonchev–Trinajstić information content (AvgIpc) is 2.80. The first-order valence-electron chi connectivity index (χ1n) is 5.90. The molecule has 0 bridgehead atoms. The molecular formula is C13H18N2O2. The second-order valence-corrected chi connectivity index (χ2v) is 4.39. The second-order valence-electron chi connectivity index (χ2n) is 4.39. The maximum atomic E-state index is 12.0. The summed E-state index contributed by atoms with van der Waals surface area (Å²) < 4.78 is 5.46. The summed E-state index contributed by atoms with van der Waals surface area (Å²) in [6, 6.07) is 7.33. The standard InChI is InChI=1S/C13H18N2O2/c1-15(11-5-2-4-10(14)8-11)13(16)9-12-6-3-7-17-12/h2,4-5,8,12H,3,6-7,9,14H2,1H3. The minimum absolute atomic E-state index is 0.0718. The highest BCUT2D eigenvalue weighted by Crippen LogP contribution is 2.20. The van der Waals surface area contributed by atoms with Crippen LogP contribution >= 0.6 is 0 Å². The van der Waals surface area contributed by atoms with E-state index in [1.807, 2.05) is 18.2 Å². The third kappa shape index (κ3) is 2.97. The van der Waals surface area contributed by atoms with Crippen LogP contribution in [0.25, 0.3) is 0 Å². The fourth-order valence-corrected chi connectivity index (χ4v) is 2.01. The van der Waals surface area contributed by atoms with Gasteiger partial charge in [-0.3, -0.25) is 4.79 Å². The molecule has 0 aliphatic carbocycles. The lowest BCUT2D eigenvalue weighted by Gasteiger charge is -2.19. The molecule has 1 saturated heterocycles. The highest BCUT2D eigenvalue weighted by molar-refractivity contribution is 5.93. The van der Waals surface area contributed by atoms with Crippen LogP contribution in [0.2, 0.25) is 0 Å². The van der Waals surface area contributed by atoms with Gasteiger partial charge in [0, 0.05) is 25.0 Å². The van der Waals surface area contributed by atoms with Crippen LogP contribution in [0.4, 0.5) is 11.4 Å². The fourth-order valence-electron chi connectivity index (χ4n) is 2.01. The van der Waals surface area contributed by atoms with E-state index in [1.54, 1.807) is 18.0 Å². The summed E-state index contributed by atoms with van der Waals surface area (Å²) in [5.74, 6) is 0.0718. The Morgan fingerprint density at radius 1 is 1.59 bits per heavy atom. The minimum Gasteiger partial charge on any atom is -0.399 e. The number of amides is 1. The van der Waals surface area contributed by atoms with Gasteiger partial charge in [-0.25, -0.2) is 0 Å². The number of nitrogens with two attached hydrogens (primary N) is 1. The normalized spacial score (nSPS) is 19.2. The van der Waals surface area contributed by atoms with E-state index in [0.29, 0.717) is 12.1 Å². The van der Waals surface area contributed by atoms with Gasteiger partial charge in [-0.1, -0.05) is 6.07 Å². The van der Waals surface area contributed by atoms with Gasteiger partial charge in [-0.15, -0.1) is 0 Å². The molecule has 0 spiro atoms. The van der Waals surface area contributed by atoms with Gasteiger partial charge in [0.15, 0.2) is 0 Å². The van der Waals surface area contributed by atoms with Crippen LogP contribution in [0.5, 0.6) is 0 Å². The predicted molar refractivity (Wildman–Crippen MR) is 67.9 cm³/mol. The smallest absolute Gasteiger partial charge is 0.229 e. The number of hydrogen-bond acceptors (Lipinski definition) is 3. The van der Waals surface area contributed by atoms with Crippen molar-refractivity contribution in [3.63, 3.8) is 0 Å². The number of ether oxygens (including phenoxy) is 1. The number of carbonyl (C=O) groups is 1. The summed E-state index contributed by atoms with van der Waals surface area (Å²) >= 11 is 0. The van der Waals surface area contributed by atoms with E-state index in [0.717, 1.165) is 25.1 Å². The SMILES string of the molecule is CN(C(=O)CC1CCCO1)c1cccc(N)c1. The summed E-state index contributed by atoms with van der Waals surface area (Å²) in [6.07, 6.45) is 2.58. The molecule has 92 valence electrons. The fraction of sp³-hybridized carbons (Fsp3) is 0.462. The molecule has 1 atom stereocenters. The van der Waals surface area contributed by atoms with Crippen molar-refractivity contribution >= 4 is 17.3 Å². The Kier molecular flexibility index (Phi) is 3.64. The molecule has 2 N–H and O–H groups in total. The van der Waals surface area contributed by atoms with Gasteiger partial charge in [0.05, 0.1) is 12.5 Å². The predicted octanol–water partition coefficient (Wildman–Crippen LogP) is 1.80. The van der Waals surface area contributed by atoms with Crippen molar-refractivity contribution in [2.75, 3.05) is 24.3 Å². The Bertz CT molecular complexity index is 400. The minimum atomic E-state index is 0.0718. The summed E-state index contributed by atoms with van der Waals surface area (Å²) in [5, 5.41) is 0. The lowest BCUT2D eigenvalue weighted by molar-refractivity contribution is -0.120. The molecule has 1 aliphatic rings. The number of nitrogens with zero attached hydrogens (tertiary/aromatic N) is 1. The Balaban J connectivity index is 1.98. The Morgan fingerprint density at radius 3 is 3.06 bits per heavy atom. The molecular weight excluding hydrogens is 216 g/mol. The molecule has 4 nitrogen and oxygen atoms in total. The van der Waals surface area contributed by atoms with Gasteiger partial charge in [0.25, 0.3) is 0 Å². The van der Waals surface area contributed by atoms with Crippen molar-refractivity contribution in [3.05, 3.63) is 24.3 Å². The summed E-state index contributed by atoms with van der Waals surface area (Å²) in [4.78, 5) is 13.7. The molecule has 1 aliphatic heterocycles. The molecule has 2 rings (SSSR count). The maximum Gasteiger partial charge on any atom is 0.229 e.